The molecular formula is C15H15FN4O5S2. The molecule has 0 radical (unpaired) electrons. The molecule has 2 amide bonds. The fraction of sp³-hybridized carbons (Fsp3) is 0.333. The number of halogens is 1. The molecular weight excluding hydrogens is 399 g/mol. The molecule has 0 saturated carbocycles. The van der Waals surface area contributed by atoms with Crippen molar-refractivity contribution in [1.82, 2.24) is 15.5 Å². The number of anilines is 1. The number of nitrogens with zero attached hydrogens (tertiary/aromatic N) is 3. The number of sulfone groups is 1. The van der Waals surface area contributed by atoms with Crippen molar-refractivity contribution in [2.24, 2.45) is 0 Å². The van der Waals surface area contributed by atoms with E-state index in [4.69, 9.17) is 4.74 Å². The van der Waals surface area contributed by atoms with Crippen molar-refractivity contribution < 1.29 is 27.1 Å². The Bertz CT molecular complexity index is 1010. The van der Waals surface area contributed by atoms with E-state index < -0.39 is 27.9 Å². The number of ether oxygens (including phenoxy) is 1. The number of hydrogen-bond acceptors (Lipinski definition) is 8. The van der Waals surface area contributed by atoms with Crippen molar-refractivity contribution in [3.05, 3.63) is 24.0 Å². The monoisotopic (exact) mass is 414 g/mol. The van der Waals surface area contributed by atoms with Crippen LogP contribution in [-0.2, 0) is 19.4 Å². The third-order valence-corrected chi connectivity index (χ3v) is 6.30. The number of hydrogen-bond donors (Lipinski definition) is 1. The summed E-state index contributed by atoms with van der Waals surface area (Å²) in [5, 5.41) is 9.94. The number of cyclic esters (lactones) is 1. The average molecular weight is 414 g/mol. The Labute approximate surface area is 158 Å². The fourth-order valence-electron chi connectivity index (χ4n) is 2.41. The molecule has 0 spiro atoms. The SMILES string of the molecule is CC(=O)NC[C@H]1CN(c2ccc(-c3nnc(S(C)(=O)=O)s3)c(F)c2)C(=O)O1. The van der Waals surface area contributed by atoms with E-state index in [-0.39, 0.29) is 39.6 Å². The molecule has 1 aliphatic rings. The van der Waals surface area contributed by atoms with Crippen molar-refractivity contribution in [1.29, 1.82) is 0 Å². The highest BCUT2D eigenvalue weighted by molar-refractivity contribution is 7.92. The van der Waals surface area contributed by atoms with Gasteiger partial charge < -0.3 is 10.1 Å². The van der Waals surface area contributed by atoms with E-state index in [0.717, 1.165) is 23.7 Å². The summed E-state index contributed by atoms with van der Waals surface area (Å²) in [6.45, 7) is 1.68. The highest BCUT2D eigenvalue weighted by Gasteiger charge is 2.33. The van der Waals surface area contributed by atoms with Crippen LogP contribution in [0.1, 0.15) is 6.92 Å². The number of aromatic nitrogens is 2. The van der Waals surface area contributed by atoms with Crippen LogP contribution in [0.5, 0.6) is 0 Å². The molecule has 1 saturated heterocycles. The second-order valence-corrected chi connectivity index (χ2v) is 9.03. The third-order valence-electron chi connectivity index (χ3n) is 3.67. The first kappa shape index (κ1) is 19.2. The first-order chi connectivity index (χ1) is 12.6. The quantitative estimate of drug-likeness (QED) is 0.781. The standard InChI is InChI=1S/C15H15FN4O5S2/c1-8(21)17-6-10-7-20(15(22)25-10)9-3-4-11(12(16)5-9)13-18-19-14(26-13)27(2,23)24/h3-5,10H,6-7H2,1-2H3,(H,17,21)/t10-/m0/s1. The van der Waals surface area contributed by atoms with Crippen LogP contribution in [0.3, 0.4) is 0 Å². The van der Waals surface area contributed by atoms with Gasteiger partial charge in [-0.05, 0) is 18.2 Å². The first-order valence-corrected chi connectivity index (χ1v) is 10.4. The lowest BCUT2D eigenvalue weighted by molar-refractivity contribution is -0.119. The molecule has 1 atom stereocenters. The van der Waals surface area contributed by atoms with Gasteiger partial charge in [0.05, 0.1) is 18.8 Å². The number of nitrogens with one attached hydrogen (secondary N) is 1. The van der Waals surface area contributed by atoms with Crippen molar-refractivity contribution in [2.45, 2.75) is 17.4 Å². The normalized spacial score (nSPS) is 17.1. The minimum atomic E-state index is -3.53. The molecule has 144 valence electrons. The second kappa shape index (κ2) is 7.19. The van der Waals surface area contributed by atoms with Gasteiger partial charge in [-0.15, -0.1) is 10.2 Å². The van der Waals surface area contributed by atoms with Gasteiger partial charge in [0, 0.05) is 18.7 Å². The maximum atomic E-state index is 14.5. The molecule has 0 bridgehead atoms. The van der Waals surface area contributed by atoms with E-state index in [1.807, 2.05) is 0 Å². The molecule has 27 heavy (non-hydrogen) atoms. The first-order valence-electron chi connectivity index (χ1n) is 7.71. The number of carbonyl (C=O) groups is 2. The van der Waals surface area contributed by atoms with Crippen LogP contribution in [0.25, 0.3) is 10.6 Å². The average Bonchev–Trinajstić information content (AvgIpc) is 3.19. The largest absolute Gasteiger partial charge is 0.442 e. The van der Waals surface area contributed by atoms with E-state index in [1.54, 1.807) is 0 Å². The minimum Gasteiger partial charge on any atom is -0.442 e. The van der Waals surface area contributed by atoms with Crippen LogP contribution < -0.4 is 10.2 Å². The lowest BCUT2D eigenvalue weighted by atomic mass is 10.2. The Balaban J connectivity index is 1.80. The molecule has 1 N–H and O–H groups in total. The number of rotatable bonds is 5. The van der Waals surface area contributed by atoms with Gasteiger partial charge in [0.2, 0.25) is 20.1 Å². The van der Waals surface area contributed by atoms with Gasteiger partial charge >= 0.3 is 6.09 Å². The van der Waals surface area contributed by atoms with Crippen LogP contribution in [0.2, 0.25) is 0 Å². The highest BCUT2D eigenvalue weighted by Crippen LogP contribution is 2.31. The Hall–Kier alpha value is -2.60. The summed E-state index contributed by atoms with van der Waals surface area (Å²) in [5.41, 5.74) is 0.355. The maximum Gasteiger partial charge on any atom is 0.414 e. The molecule has 9 nitrogen and oxygen atoms in total. The van der Waals surface area contributed by atoms with Gasteiger partial charge in [-0.1, -0.05) is 11.3 Å². The summed E-state index contributed by atoms with van der Waals surface area (Å²) in [5.74, 6) is -0.924. The predicted octanol–water partition coefficient (Wildman–Crippen LogP) is 1.21. The highest BCUT2D eigenvalue weighted by atomic mass is 32.2. The smallest absolute Gasteiger partial charge is 0.414 e. The van der Waals surface area contributed by atoms with Crippen LogP contribution in [-0.4, -0.2) is 56.1 Å². The van der Waals surface area contributed by atoms with Gasteiger partial charge in [-0.3, -0.25) is 9.69 Å². The zero-order valence-electron chi connectivity index (χ0n) is 14.3. The van der Waals surface area contributed by atoms with E-state index in [0.29, 0.717) is 0 Å². The van der Waals surface area contributed by atoms with Crippen molar-refractivity contribution in [3.63, 3.8) is 0 Å². The van der Waals surface area contributed by atoms with Gasteiger partial charge in [-0.25, -0.2) is 17.6 Å². The molecule has 1 aliphatic heterocycles. The van der Waals surface area contributed by atoms with E-state index in [9.17, 15) is 22.4 Å². The zero-order chi connectivity index (χ0) is 19.8. The topological polar surface area (TPSA) is 119 Å². The molecule has 12 heteroatoms. The van der Waals surface area contributed by atoms with E-state index in [1.165, 1.54) is 24.0 Å². The van der Waals surface area contributed by atoms with E-state index >= 15 is 0 Å². The molecule has 0 unspecified atom stereocenters. The summed E-state index contributed by atoms with van der Waals surface area (Å²) in [6, 6.07) is 4.03. The molecule has 2 heterocycles. The summed E-state index contributed by atoms with van der Waals surface area (Å²) in [4.78, 5) is 24.2. The van der Waals surface area contributed by atoms with Gasteiger partial charge in [0.25, 0.3) is 0 Å². The summed E-state index contributed by atoms with van der Waals surface area (Å²) in [6.07, 6.45) is -0.190. The summed E-state index contributed by atoms with van der Waals surface area (Å²) < 4.78 is 42.4. The Morgan fingerprint density at radius 3 is 2.78 bits per heavy atom. The number of carbonyl (C=O) groups excluding carboxylic acids is 2. The molecule has 1 aromatic heterocycles. The minimum absolute atomic E-state index is 0.0773. The summed E-state index contributed by atoms with van der Waals surface area (Å²) in [7, 11) is -3.53. The molecule has 2 aromatic rings. The van der Waals surface area contributed by atoms with Crippen LogP contribution in [0.4, 0.5) is 14.9 Å². The molecule has 0 aliphatic carbocycles. The van der Waals surface area contributed by atoms with Gasteiger partial charge in [0.15, 0.2) is 5.01 Å². The van der Waals surface area contributed by atoms with Crippen LogP contribution in [0.15, 0.2) is 22.5 Å². The van der Waals surface area contributed by atoms with Crippen LogP contribution >= 0.6 is 11.3 Å². The third kappa shape index (κ3) is 4.22. The lowest BCUT2D eigenvalue weighted by Crippen LogP contribution is -2.33. The van der Waals surface area contributed by atoms with Crippen molar-refractivity contribution in [3.8, 4) is 10.6 Å². The Morgan fingerprint density at radius 2 is 2.19 bits per heavy atom. The molecule has 3 rings (SSSR count). The number of benzene rings is 1. The zero-order valence-corrected chi connectivity index (χ0v) is 15.9. The van der Waals surface area contributed by atoms with Crippen molar-refractivity contribution >= 4 is 38.9 Å². The predicted molar refractivity (Wildman–Crippen MR) is 94.7 cm³/mol. The van der Waals surface area contributed by atoms with Gasteiger partial charge in [0.1, 0.15) is 11.9 Å². The second-order valence-electron chi connectivity index (χ2n) is 5.86. The lowest BCUT2D eigenvalue weighted by Gasteiger charge is -2.14. The van der Waals surface area contributed by atoms with Gasteiger partial charge in [-0.2, -0.15) is 0 Å². The Morgan fingerprint density at radius 1 is 1.44 bits per heavy atom. The van der Waals surface area contributed by atoms with Crippen molar-refractivity contribution in [2.75, 3.05) is 24.2 Å². The molecule has 1 aromatic carbocycles. The maximum absolute atomic E-state index is 14.5. The van der Waals surface area contributed by atoms with Crippen LogP contribution in [0, 0.1) is 5.82 Å². The number of amides is 2. The van der Waals surface area contributed by atoms with E-state index in [2.05, 4.69) is 15.5 Å². The Kier molecular flexibility index (Phi) is 5.11. The fourth-order valence-corrected chi connectivity index (χ4v) is 4.05. The molecule has 1 fully saturated rings. The summed E-state index contributed by atoms with van der Waals surface area (Å²) >= 11 is 0.760.